The number of likely N-dealkylation sites (tertiary alicyclic amines) is 1. The van der Waals surface area contributed by atoms with Crippen molar-refractivity contribution >= 4 is 40.9 Å². The summed E-state index contributed by atoms with van der Waals surface area (Å²) in [5.41, 5.74) is 0.836. The zero-order chi connectivity index (χ0) is 30.6. The van der Waals surface area contributed by atoms with E-state index in [9.17, 15) is 13.2 Å². The average Bonchev–Trinajstić information content (AvgIpc) is 3.33. The number of aliphatic imine (C=N–C) groups is 1. The van der Waals surface area contributed by atoms with Gasteiger partial charge in [0.25, 0.3) is 0 Å². The molecule has 2 saturated heterocycles. The van der Waals surface area contributed by atoms with Crippen LogP contribution in [0.5, 0.6) is 0 Å². The summed E-state index contributed by atoms with van der Waals surface area (Å²) < 4.78 is 68.1. The van der Waals surface area contributed by atoms with Crippen molar-refractivity contribution < 1.29 is 27.0 Å². The minimum Gasteiger partial charge on any atom is -0.483 e. The van der Waals surface area contributed by atoms with E-state index in [0.29, 0.717) is 65.3 Å². The number of anilines is 1. The Morgan fingerprint density at radius 3 is 2.65 bits per heavy atom. The van der Waals surface area contributed by atoms with Crippen molar-refractivity contribution in [2.45, 2.75) is 74.8 Å². The molecule has 4 heterocycles. The molecule has 0 aliphatic carbocycles. The molecular formula is C31H41F4N4O2PS. The van der Waals surface area contributed by atoms with Gasteiger partial charge in [0, 0.05) is 32.3 Å². The monoisotopic (exact) mass is 640 g/mol. The maximum Gasteiger partial charge on any atom is 0.393 e. The third-order valence-electron chi connectivity index (χ3n) is 8.55. The highest BCUT2D eigenvalue weighted by Crippen LogP contribution is 2.40. The smallest absolute Gasteiger partial charge is 0.393 e. The first-order valence-corrected chi connectivity index (χ1v) is 18.1. The van der Waals surface area contributed by atoms with E-state index in [1.807, 2.05) is 6.07 Å². The summed E-state index contributed by atoms with van der Waals surface area (Å²) >= 11 is 1.24. The summed E-state index contributed by atoms with van der Waals surface area (Å²) in [6, 6.07) is 5.15. The molecule has 43 heavy (non-hydrogen) atoms. The number of ether oxygens (including phenoxy) is 2. The molecule has 0 radical (unpaired) electrons. The molecule has 0 bridgehead atoms. The summed E-state index contributed by atoms with van der Waals surface area (Å²) in [6.45, 7) is 7.25. The molecule has 2 fully saturated rings. The van der Waals surface area contributed by atoms with E-state index in [4.69, 9.17) is 14.5 Å². The molecule has 1 aromatic heterocycles. The lowest BCUT2D eigenvalue weighted by Gasteiger charge is -2.41. The molecule has 6 nitrogen and oxygen atoms in total. The van der Waals surface area contributed by atoms with Crippen LogP contribution in [-0.4, -0.2) is 100 Å². The Labute approximate surface area is 256 Å². The van der Waals surface area contributed by atoms with Gasteiger partial charge in [0.2, 0.25) is 5.90 Å². The molecule has 0 saturated carbocycles. The van der Waals surface area contributed by atoms with Crippen molar-refractivity contribution in [1.82, 2.24) is 10.2 Å². The van der Waals surface area contributed by atoms with E-state index in [1.165, 1.54) is 11.3 Å². The zero-order valence-corrected chi connectivity index (χ0v) is 26.7. The van der Waals surface area contributed by atoms with Gasteiger partial charge in [-0.15, -0.1) is 11.3 Å². The van der Waals surface area contributed by atoms with Crippen LogP contribution in [0.3, 0.4) is 0 Å². The molecule has 4 atom stereocenters. The topological polar surface area (TPSA) is 58.1 Å². The van der Waals surface area contributed by atoms with Crippen LogP contribution in [0.1, 0.15) is 42.5 Å². The Hall–Kier alpha value is -1.96. The van der Waals surface area contributed by atoms with E-state index in [1.54, 1.807) is 19.2 Å². The molecule has 12 heteroatoms. The lowest BCUT2D eigenvalue weighted by molar-refractivity contribution is -0.126. The van der Waals surface area contributed by atoms with Gasteiger partial charge in [-0.3, -0.25) is 10.2 Å². The average molecular weight is 641 g/mol. The molecule has 0 amide bonds. The van der Waals surface area contributed by atoms with Gasteiger partial charge in [-0.2, -0.15) is 13.2 Å². The van der Waals surface area contributed by atoms with Crippen LogP contribution >= 0.6 is 19.3 Å². The van der Waals surface area contributed by atoms with Crippen molar-refractivity contribution in [3.05, 3.63) is 28.6 Å². The number of fused-ring (bicyclic) bond motifs is 1. The fourth-order valence-corrected chi connectivity index (χ4v) is 8.41. The van der Waals surface area contributed by atoms with Gasteiger partial charge in [-0.1, -0.05) is 31.9 Å². The number of hydrogen-bond acceptors (Lipinski definition) is 7. The van der Waals surface area contributed by atoms with Crippen molar-refractivity contribution in [2.24, 2.45) is 4.99 Å². The van der Waals surface area contributed by atoms with Crippen molar-refractivity contribution in [3.8, 4) is 11.8 Å². The van der Waals surface area contributed by atoms with Crippen LogP contribution < -0.4 is 10.6 Å². The molecule has 1 aromatic carbocycles. The lowest BCUT2D eigenvalue weighted by atomic mass is 9.98. The van der Waals surface area contributed by atoms with Gasteiger partial charge >= 0.3 is 6.18 Å². The quantitative estimate of drug-likeness (QED) is 0.214. The van der Waals surface area contributed by atoms with Gasteiger partial charge < -0.3 is 14.8 Å². The molecular weight excluding hydrogens is 599 g/mol. The predicted molar refractivity (Wildman–Crippen MR) is 169 cm³/mol. The first-order chi connectivity index (χ1) is 20.6. The first-order valence-electron chi connectivity index (χ1n) is 15.0. The summed E-state index contributed by atoms with van der Waals surface area (Å²) in [7, 11) is 1.41. The Kier molecular flexibility index (Phi) is 10.9. The Bertz CT molecular complexity index is 1330. The van der Waals surface area contributed by atoms with E-state index >= 15 is 4.39 Å². The molecule has 2 N–H and O–H groups in total. The highest BCUT2D eigenvalue weighted by Gasteiger charge is 2.35. The fraction of sp³-hybridized carbons (Fsp3) is 0.645. The first kappa shape index (κ1) is 32.4. The maximum absolute atomic E-state index is 15.4. The number of piperidine rings is 1. The Morgan fingerprint density at radius 1 is 1.16 bits per heavy atom. The maximum atomic E-state index is 15.4. The molecule has 5 rings (SSSR count). The second-order valence-corrected chi connectivity index (χ2v) is 15.3. The largest absolute Gasteiger partial charge is 0.483 e. The number of nitrogens with one attached hydrogen (secondary N) is 2. The highest BCUT2D eigenvalue weighted by atomic mass is 32.1. The lowest BCUT2D eigenvalue weighted by Crippen LogP contribution is -2.52. The predicted octanol–water partition coefficient (Wildman–Crippen LogP) is 6.23. The van der Waals surface area contributed by atoms with Crippen LogP contribution in [0, 0.1) is 11.8 Å². The summed E-state index contributed by atoms with van der Waals surface area (Å²) in [6.07, 6.45) is -2.22. The summed E-state index contributed by atoms with van der Waals surface area (Å²) in [5, 5.41) is 7.21. The number of thiophene rings is 1. The molecule has 2 aromatic rings. The fourth-order valence-electron chi connectivity index (χ4n) is 6.23. The van der Waals surface area contributed by atoms with Gasteiger partial charge in [-0.05, 0) is 62.4 Å². The number of hydrogen-bond donors (Lipinski definition) is 2. The van der Waals surface area contributed by atoms with E-state index in [-0.39, 0.29) is 25.3 Å². The van der Waals surface area contributed by atoms with Crippen LogP contribution in [-0.2, 0) is 15.9 Å². The van der Waals surface area contributed by atoms with Gasteiger partial charge in [0.05, 0.1) is 53.2 Å². The third kappa shape index (κ3) is 8.20. The molecule has 4 unspecified atom stereocenters. The second-order valence-electron chi connectivity index (χ2n) is 11.7. The number of methoxy groups -OCH3 is 1. The van der Waals surface area contributed by atoms with Crippen molar-refractivity contribution in [2.75, 3.05) is 58.6 Å². The summed E-state index contributed by atoms with van der Waals surface area (Å²) in [5.74, 6) is 7.00. The number of benzene rings is 1. The van der Waals surface area contributed by atoms with Crippen molar-refractivity contribution in [3.63, 3.8) is 0 Å². The molecule has 3 aliphatic heterocycles. The Balaban J connectivity index is 1.31. The number of nitrogens with zero attached hydrogens (tertiary/aromatic N) is 2. The molecule has 3 aliphatic rings. The van der Waals surface area contributed by atoms with Crippen molar-refractivity contribution in [1.29, 1.82) is 0 Å². The number of halogens is 4. The molecule has 0 spiro atoms. The SMILES string of the molecule is COC1=NC(P(C)C)CCC1NCC#Cc1sc2c(NC3CCN(C4CCOCC4)CC3F)cccc2c1CC(F)(F)F. The van der Waals surface area contributed by atoms with Crippen LogP contribution in [0.4, 0.5) is 23.2 Å². The minimum atomic E-state index is -4.38. The van der Waals surface area contributed by atoms with Crippen LogP contribution in [0.25, 0.3) is 10.1 Å². The van der Waals surface area contributed by atoms with Gasteiger partial charge in [0.15, 0.2) is 0 Å². The minimum absolute atomic E-state index is 0.0649. The zero-order valence-electron chi connectivity index (χ0n) is 25.0. The van der Waals surface area contributed by atoms with E-state index in [2.05, 4.69) is 40.7 Å². The van der Waals surface area contributed by atoms with Crippen LogP contribution in [0.15, 0.2) is 23.2 Å². The van der Waals surface area contributed by atoms with Crippen LogP contribution in [0.2, 0.25) is 0 Å². The highest BCUT2D eigenvalue weighted by molar-refractivity contribution is 7.56. The van der Waals surface area contributed by atoms with E-state index < -0.39 is 24.8 Å². The standard InChI is InChI=1S/C31H41F4N4O2PS/c1-40-30-26(9-10-28(38-30)42(2)3)36-14-5-8-27-22(18-31(33,34)35)21-6-4-7-25(29(21)43-27)37-24-11-15-39(19-23(24)32)20-12-16-41-17-13-20/h4,6-7,20,23-24,26,28,36-37H,9-19H2,1-3H3. The van der Waals surface area contributed by atoms with Gasteiger partial charge in [-0.25, -0.2) is 9.38 Å². The Morgan fingerprint density at radius 2 is 1.95 bits per heavy atom. The summed E-state index contributed by atoms with van der Waals surface area (Å²) in [4.78, 5) is 7.35. The number of rotatable bonds is 7. The third-order valence-corrected chi connectivity index (χ3v) is 11.3. The molecule has 236 valence electrons. The number of alkyl halides is 4. The normalized spacial score (nSPS) is 25.8. The van der Waals surface area contributed by atoms with E-state index in [0.717, 1.165) is 32.2 Å². The second kappa shape index (κ2) is 14.4. The van der Waals surface area contributed by atoms with Gasteiger partial charge in [0.1, 0.15) is 6.17 Å².